The zero-order valence-electron chi connectivity index (χ0n) is 35.8. The maximum atomic E-state index is 5.83. The number of hydrogen-bond acceptors (Lipinski definition) is 2. The molecule has 4 nitrogen and oxygen atoms in total. The maximum absolute atomic E-state index is 5.83. The van der Waals surface area contributed by atoms with Crippen LogP contribution in [0.15, 0.2) is 133 Å². The standard InChI is InChI=1S/C56H50N4/c1-31(2)35-17-21-47-43(27-35)44-28-36(32(3)4)18-22-48(44)59(47)51-25-26-52(60-49-23-19-37(33(5)6)29-45(49)46-30-38(34(7)8)20-24-50(46)60)56-55(51)57-53-41-15-11-9-13-39(41)40-14-10-12-16-42(40)54(53)58-56/h9-34H,1-8H3. The number of rotatable bonds is 6. The fraction of sp³-hybridized carbons (Fsp3) is 0.214. The van der Waals surface area contributed by atoms with Crippen LogP contribution < -0.4 is 0 Å². The first-order chi connectivity index (χ1) is 29.1. The van der Waals surface area contributed by atoms with Crippen molar-refractivity contribution in [2.45, 2.75) is 79.1 Å². The van der Waals surface area contributed by atoms with Gasteiger partial charge >= 0.3 is 0 Å². The highest BCUT2D eigenvalue weighted by molar-refractivity contribution is 6.24. The van der Waals surface area contributed by atoms with Crippen molar-refractivity contribution in [2.75, 3.05) is 0 Å². The average molecular weight is 779 g/mol. The molecule has 0 fully saturated rings. The maximum Gasteiger partial charge on any atom is 0.116 e. The number of hydrogen-bond donors (Lipinski definition) is 0. The summed E-state index contributed by atoms with van der Waals surface area (Å²) in [4.78, 5) is 11.7. The minimum absolute atomic E-state index is 0.418. The van der Waals surface area contributed by atoms with Gasteiger partial charge in [-0.05, 0) is 117 Å². The lowest BCUT2D eigenvalue weighted by molar-refractivity contribution is 0.868. The van der Waals surface area contributed by atoms with Gasteiger partial charge in [-0.1, -0.05) is 128 Å². The van der Waals surface area contributed by atoms with E-state index < -0.39 is 0 Å². The molecular formula is C56H50N4. The smallest absolute Gasteiger partial charge is 0.116 e. The van der Waals surface area contributed by atoms with Crippen molar-refractivity contribution in [2.24, 2.45) is 0 Å². The van der Waals surface area contributed by atoms with E-state index in [-0.39, 0.29) is 0 Å². The molecule has 0 aliphatic rings. The quantitative estimate of drug-likeness (QED) is 0.124. The summed E-state index contributed by atoms with van der Waals surface area (Å²) in [5.41, 5.74) is 15.7. The van der Waals surface area contributed by atoms with Gasteiger partial charge in [0.05, 0.1) is 44.5 Å². The monoisotopic (exact) mass is 778 g/mol. The minimum Gasteiger partial charge on any atom is -0.307 e. The minimum atomic E-state index is 0.418. The van der Waals surface area contributed by atoms with Gasteiger partial charge < -0.3 is 9.13 Å². The van der Waals surface area contributed by atoms with Crippen molar-refractivity contribution in [3.05, 3.63) is 156 Å². The van der Waals surface area contributed by atoms with Gasteiger partial charge in [-0.3, -0.25) is 0 Å². The van der Waals surface area contributed by atoms with E-state index in [4.69, 9.17) is 9.97 Å². The van der Waals surface area contributed by atoms with Gasteiger partial charge in [-0.15, -0.1) is 0 Å². The molecule has 0 unspecified atom stereocenters. The van der Waals surface area contributed by atoms with Gasteiger partial charge in [0.1, 0.15) is 11.0 Å². The fourth-order valence-electron chi connectivity index (χ4n) is 9.77. The zero-order valence-corrected chi connectivity index (χ0v) is 35.8. The van der Waals surface area contributed by atoms with Crippen molar-refractivity contribution >= 4 is 87.2 Å². The van der Waals surface area contributed by atoms with Crippen LogP contribution in [0.5, 0.6) is 0 Å². The first-order valence-corrected chi connectivity index (χ1v) is 21.8. The highest BCUT2D eigenvalue weighted by atomic mass is 15.0. The van der Waals surface area contributed by atoms with Crippen molar-refractivity contribution in [3.8, 4) is 11.4 Å². The lowest BCUT2D eigenvalue weighted by atomic mass is 9.98. The van der Waals surface area contributed by atoms with Crippen molar-refractivity contribution in [1.82, 2.24) is 19.1 Å². The van der Waals surface area contributed by atoms with Crippen LogP contribution in [0.1, 0.15) is 101 Å². The molecule has 11 rings (SSSR count). The molecule has 3 heterocycles. The third-order valence-corrected chi connectivity index (χ3v) is 13.2. The molecule has 0 aliphatic carbocycles. The van der Waals surface area contributed by atoms with Crippen molar-refractivity contribution < 1.29 is 0 Å². The van der Waals surface area contributed by atoms with Crippen LogP contribution in [0.2, 0.25) is 0 Å². The Hall–Kier alpha value is -6.52. The van der Waals surface area contributed by atoms with E-state index in [1.165, 1.54) is 76.6 Å². The number of nitrogens with zero attached hydrogens (tertiary/aromatic N) is 4. The van der Waals surface area contributed by atoms with E-state index in [1.807, 2.05) is 0 Å². The van der Waals surface area contributed by atoms with Crippen LogP contribution in [-0.4, -0.2) is 19.1 Å². The van der Waals surface area contributed by atoms with Gasteiger partial charge in [0.15, 0.2) is 0 Å². The molecule has 0 atom stereocenters. The van der Waals surface area contributed by atoms with Crippen LogP contribution in [0.25, 0.3) is 98.6 Å². The Labute approximate surface area is 351 Å². The van der Waals surface area contributed by atoms with Crippen LogP contribution in [-0.2, 0) is 0 Å². The van der Waals surface area contributed by atoms with Crippen LogP contribution >= 0.6 is 0 Å². The second-order valence-corrected chi connectivity index (χ2v) is 18.2. The van der Waals surface area contributed by atoms with Gasteiger partial charge in [-0.2, -0.15) is 0 Å². The Morgan fingerprint density at radius 2 is 0.583 bits per heavy atom. The summed E-state index contributed by atoms with van der Waals surface area (Å²) in [5.74, 6) is 1.67. The molecular weight excluding hydrogens is 729 g/mol. The summed E-state index contributed by atoms with van der Waals surface area (Å²) in [5, 5.41) is 9.68. The summed E-state index contributed by atoms with van der Waals surface area (Å²) in [6, 6.07) is 50.1. The largest absolute Gasteiger partial charge is 0.307 e. The SMILES string of the molecule is CC(C)c1ccc2c(c1)c1cc(C(C)C)ccc1n2-c1ccc(-n2c3ccc(C(C)C)cc3c3cc(C(C)C)ccc32)c2nc3c4ccccc4c4ccccc4c3nc12. The molecule has 0 N–H and O–H groups in total. The summed E-state index contributed by atoms with van der Waals surface area (Å²) < 4.78 is 4.90. The Morgan fingerprint density at radius 3 is 0.867 bits per heavy atom. The average Bonchev–Trinajstić information content (AvgIpc) is 3.76. The van der Waals surface area contributed by atoms with Crippen molar-refractivity contribution in [1.29, 1.82) is 0 Å². The molecule has 0 saturated carbocycles. The molecule has 8 aromatic carbocycles. The Kier molecular flexibility index (Phi) is 8.23. The molecule has 11 aromatic rings. The van der Waals surface area contributed by atoms with E-state index >= 15 is 0 Å². The molecule has 0 saturated heterocycles. The molecule has 294 valence electrons. The van der Waals surface area contributed by atoms with Crippen LogP contribution in [0.4, 0.5) is 0 Å². The lowest BCUT2D eigenvalue weighted by Crippen LogP contribution is -2.04. The zero-order chi connectivity index (χ0) is 41.1. The fourth-order valence-corrected chi connectivity index (χ4v) is 9.77. The third-order valence-electron chi connectivity index (χ3n) is 13.2. The topological polar surface area (TPSA) is 35.6 Å². The second-order valence-electron chi connectivity index (χ2n) is 18.2. The van der Waals surface area contributed by atoms with Crippen molar-refractivity contribution in [3.63, 3.8) is 0 Å². The summed E-state index contributed by atoms with van der Waals surface area (Å²) in [6.07, 6.45) is 0. The first-order valence-electron chi connectivity index (χ1n) is 21.8. The summed E-state index contributed by atoms with van der Waals surface area (Å²) >= 11 is 0. The van der Waals surface area contributed by atoms with E-state index in [0.29, 0.717) is 23.7 Å². The molecule has 0 bridgehead atoms. The van der Waals surface area contributed by atoms with Gasteiger partial charge in [0.2, 0.25) is 0 Å². The molecule has 3 aromatic heterocycles. The predicted octanol–water partition coefficient (Wildman–Crippen LogP) is 15.8. The number of aromatic nitrogens is 4. The second kappa shape index (κ2) is 13.5. The molecule has 0 aliphatic heterocycles. The molecule has 60 heavy (non-hydrogen) atoms. The van der Waals surface area contributed by atoms with Gasteiger partial charge in [0.25, 0.3) is 0 Å². The van der Waals surface area contributed by atoms with Crippen LogP contribution in [0.3, 0.4) is 0 Å². The Morgan fingerprint density at radius 1 is 0.300 bits per heavy atom. The Balaban J connectivity index is 1.33. The number of benzene rings is 8. The predicted molar refractivity (Wildman–Crippen MR) is 257 cm³/mol. The molecule has 0 radical (unpaired) electrons. The molecule has 4 heteroatoms. The highest BCUT2D eigenvalue weighted by Gasteiger charge is 2.24. The Bertz CT molecular complexity index is 3190. The lowest BCUT2D eigenvalue weighted by Gasteiger charge is -2.18. The van der Waals surface area contributed by atoms with E-state index in [0.717, 1.165) is 44.2 Å². The molecule has 0 spiro atoms. The van der Waals surface area contributed by atoms with Gasteiger partial charge in [-0.25, -0.2) is 9.97 Å². The molecule has 0 amide bonds. The van der Waals surface area contributed by atoms with E-state index in [2.05, 4.69) is 198 Å². The van der Waals surface area contributed by atoms with E-state index in [1.54, 1.807) is 0 Å². The highest BCUT2D eigenvalue weighted by Crippen LogP contribution is 2.43. The van der Waals surface area contributed by atoms with Gasteiger partial charge in [0, 0.05) is 32.3 Å². The number of fused-ring (bicyclic) bond motifs is 13. The van der Waals surface area contributed by atoms with Crippen LogP contribution in [0, 0.1) is 0 Å². The normalized spacial score (nSPS) is 12.6. The summed E-state index contributed by atoms with van der Waals surface area (Å²) in [6.45, 7) is 18.2. The van der Waals surface area contributed by atoms with E-state index in [9.17, 15) is 0 Å². The summed E-state index contributed by atoms with van der Waals surface area (Å²) in [7, 11) is 0. The first kappa shape index (κ1) is 36.6. The third kappa shape index (κ3) is 5.36.